The summed E-state index contributed by atoms with van der Waals surface area (Å²) in [5, 5.41) is 6.29. The molecule has 0 saturated heterocycles. The molecule has 26 heavy (non-hydrogen) atoms. The predicted molar refractivity (Wildman–Crippen MR) is 105 cm³/mol. The van der Waals surface area contributed by atoms with E-state index >= 15 is 0 Å². The van der Waals surface area contributed by atoms with Gasteiger partial charge in [0.1, 0.15) is 0 Å². The number of hydrogen-bond donors (Lipinski definition) is 2. The van der Waals surface area contributed by atoms with Gasteiger partial charge in [0.15, 0.2) is 5.13 Å². The van der Waals surface area contributed by atoms with Crippen LogP contribution in [0.25, 0.3) is 10.2 Å². The molecule has 1 atom stereocenters. The van der Waals surface area contributed by atoms with E-state index in [1.807, 2.05) is 44.2 Å². The topological polar surface area (TPSA) is 71.1 Å². The van der Waals surface area contributed by atoms with Gasteiger partial charge in [0.25, 0.3) is 0 Å². The highest BCUT2D eigenvalue weighted by Crippen LogP contribution is 2.29. The molecule has 0 aliphatic rings. The second-order valence-electron chi connectivity index (χ2n) is 6.36. The maximum atomic E-state index is 12.5. The summed E-state index contributed by atoms with van der Waals surface area (Å²) in [5.74, 6) is -0.348. The molecule has 0 fully saturated rings. The molecule has 5 nitrogen and oxygen atoms in total. The number of thiazole rings is 1. The maximum absolute atomic E-state index is 12.5. The van der Waals surface area contributed by atoms with Crippen molar-refractivity contribution in [3.63, 3.8) is 0 Å². The van der Waals surface area contributed by atoms with Crippen molar-refractivity contribution in [1.29, 1.82) is 0 Å². The van der Waals surface area contributed by atoms with E-state index < -0.39 is 0 Å². The SMILES string of the molecule is CC(=O)N[C@H](CC(=O)Nc1nc2c(C)cc(C)cc2s1)c1ccccc1. The Hall–Kier alpha value is -2.73. The monoisotopic (exact) mass is 367 g/mol. The van der Waals surface area contributed by atoms with Gasteiger partial charge in [-0.15, -0.1) is 0 Å². The van der Waals surface area contributed by atoms with Crippen LogP contribution in [0, 0.1) is 13.8 Å². The first kappa shape index (κ1) is 18.1. The van der Waals surface area contributed by atoms with Crippen LogP contribution in [0.3, 0.4) is 0 Å². The lowest BCUT2D eigenvalue weighted by Gasteiger charge is -2.17. The van der Waals surface area contributed by atoms with E-state index in [0.29, 0.717) is 5.13 Å². The van der Waals surface area contributed by atoms with Crippen LogP contribution in [0.5, 0.6) is 0 Å². The summed E-state index contributed by atoms with van der Waals surface area (Å²) in [6.07, 6.45) is 0.150. The Morgan fingerprint density at radius 1 is 1.15 bits per heavy atom. The fourth-order valence-electron chi connectivity index (χ4n) is 2.96. The molecule has 0 aliphatic carbocycles. The molecule has 0 bridgehead atoms. The molecule has 0 spiro atoms. The third-order valence-electron chi connectivity index (χ3n) is 4.05. The number of nitrogens with one attached hydrogen (secondary N) is 2. The average molecular weight is 367 g/mol. The number of carbonyl (C=O) groups excluding carboxylic acids is 2. The van der Waals surface area contributed by atoms with Crippen molar-refractivity contribution in [2.75, 3.05) is 5.32 Å². The number of aromatic nitrogens is 1. The largest absolute Gasteiger partial charge is 0.349 e. The highest BCUT2D eigenvalue weighted by atomic mass is 32.1. The van der Waals surface area contributed by atoms with Crippen LogP contribution >= 0.6 is 11.3 Å². The van der Waals surface area contributed by atoms with Gasteiger partial charge in [-0.3, -0.25) is 9.59 Å². The number of carbonyl (C=O) groups is 2. The summed E-state index contributed by atoms with van der Waals surface area (Å²) in [6.45, 7) is 5.51. The molecule has 0 saturated carbocycles. The minimum absolute atomic E-state index is 0.150. The minimum Gasteiger partial charge on any atom is -0.349 e. The second-order valence-corrected chi connectivity index (χ2v) is 7.39. The number of fused-ring (bicyclic) bond motifs is 1. The normalized spacial score (nSPS) is 12.0. The average Bonchev–Trinajstić information content (AvgIpc) is 2.97. The van der Waals surface area contributed by atoms with E-state index in [1.165, 1.54) is 23.8 Å². The van der Waals surface area contributed by atoms with Gasteiger partial charge in [0.2, 0.25) is 11.8 Å². The Morgan fingerprint density at radius 3 is 2.58 bits per heavy atom. The van der Waals surface area contributed by atoms with Gasteiger partial charge in [-0.1, -0.05) is 47.7 Å². The maximum Gasteiger partial charge on any atom is 0.228 e. The highest BCUT2D eigenvalue weighted by Gasteiger charge is 2.18. The molecule has 0 aliphatic heterocycles. The lowest BCUT2D eigenvalue weighted by atomic mass is 10.0. The summed E-state index contributed by atoms with van der Waals surface area (Å²) in [6, 6.07) is 13.3. The zero-order valence-electron chi connectivity index (χ0n) is 15.0. The van der Waals surface area contributed by atoms with Crippen LogP contribution in [0.1, 0.15) is 36.1 Å². The Morgan fingerprint density at radius 2 is 1.88 bits per heavy atom. The van der Waals surface area contributed by atoms with E-state index in [2.05, 4.69) is 27.8 Å². The Balaban J connectivity index is 1.76. The van der Waals surface area contributed by atoms with Crippen LogP contribution in [0.2, 0.25) is 0 Å². The number of rotatable bonds is 5. The minimum atomic E-state index is -0.368. The molecule has 2 amide bonds. The van der Waals surface area contributed by atoms with Gasteiger partial charge in [-0.2, -0.15) is 0 Å². The first-order valence-electron chi connectivity index (χ1n) is 8.42. The first-order chi connectivity index (χ1) is 12.4. The van der Waals surface area contributed by atoms with Crippen molar-refractivity contribution in [2.24, 2.45) is 0 Å². The molecule has 134 valence electrons. The number of benzene rings is 2. The molecule has 1 aromatic heterocycles. The van der Waals surface area contributed by atoms with Crippen LogP contribution in [0.4, 0.5) is 5.13 Å². The third kappa shape index (κ3) is 4.26. The number of nitrogens with zero attached hydrogens (tertiary/aromatic N) is 1. The Bertz CT molecular complexity index is 950. The van der Waals surface area contributed by atoms with Gasteiger partial charge in [-0.05, 0) is 36.6 Å². The van der Waals surface area contributed by atoms with Crippen molar-refractivity contribution in [3.8, 4) is 0 Å². The number of hydrogen-bond acceptors (Lipinski definition) is 4. The summed E-state index contributed by atoms with van der Waals surface area (Å²) < 4.78 is 1.05. The van der Waals surface area contributed by atoms with Crippen molar-refractivity contribution < 1.29 is 9.59 Å². The zero-order chi connectivity index (χ0) is 18.7. The van der Waals surface area contributed by atoms with Crippen LogP contribution in [-0.4, -0.2) is 16.8 Å². The molecule has 0 radical (unpaired) electrons. The van der Waals surface area contributed by atoms with Crippen LogP contribution in [-0.2, 0) is 9.59 Å². The molecular weight excluding hydrogens is 346 g/mol. The smallest absolute Gasteiger partial charge is 0.228 e. The lowest BCUT2D eigenvalue weighted by Crippen LogP contribution is -2.29. The van der Waals surface area contributed by atoms with E-state index in [0.717, 1.165) is 21.3 Å². The number of aryl methyl sites for hydroxylation is 2. The van der Waals surface area contributed by atoms with Crippen molar-refractivity contribution in [1.82, 2.24) is 10.3 Å². The second kappa shape index (κ2) is 7.66. The number of anilines is 1. The van der Waals surface area contributed by atoms with Gasteiger partial charge < -0.3 is 10.6 Å². The van der Waals surface area contributed by atoms with Gasteiger partial charge >= 0.3 is 0 Å². The van der Waals surface area contributed by atoms with Gasteiger partial charge in [-0.25, -0.2) is 4.98 Å². The first-order valence-corrected chi connectivity index (χ1v) is 9.23. The third-order valence-corrected chi connectivity index (χ3v) is 4.96. The van der Waals surface area contributed by atoms with E-state index in [-0.39, 0.29) is 24.3 Å². The molecule has 6 heteroatoms. The van der Waals surface area contributed by atoms with Crippen molar-refractivity contribution in [3.05, 3.63) is 59.2 Å². The van der Waals surface area contributed by atoms with E-state index in [9.17, 15) is 9.59 Å². The summed E-state index contributed by atoms with van der Waals surface area (Å²) >= 11 is 1.46. The van der Waals surface area contributed by atoms with Crippen LogP contribution < -0.4 is 10.6 Å². The molecule has 2 aromatic carbocycles. The van der Waals surface area contributed by atoms with Crippen molar-refractivity contribution in [2.45, 2.75) is 33.2 Å². The standard InChI is InChI=1S/C20H21N3O2S/c1-12-9-13(2)19-17(10-12)26-20(23-19)22-18(25)11-16(21-14(3)24)15-7-5-4-6-8-15/h4-10,16H,11H2,1-3H3,(H,21,24)(H,22,23,25)/t16-/m1/s1. The molecule has 3 rings (SSSR count). The Kier molecular flexibility index (Phi) is 5.32. The molecule has 2 N–H and O–H groups in total. The fraction of sp³-hybridized carbons (Fsp3) is 0.250. The van der Waals surface area contributed by atoms with Gasteiger partial charge in [0, 0.05) is 6.92 Å². The van der Waals surface area contributed by atoms with Crippen LogP contribution in [0.15, 0.2) is 42.5 Å². The highest BCUT2D eigenvalue weighted by molar-refractivity contribution is 7.22. The predicted octanol–water partition coefficient (Wildman–Crippen LogP) is 4.12. The zero-order valence-corrected chi connectivity index (χ0v) is 15.8. The lowest BCUT2D eigenvalue weighted by molar-refractivity contribution is -0.120. The molecule has 0 unspecified atom stereocenters. The van der Waals surface area contributed by atoms with E-state index in [4.69, 9.17) is 0 Å². The van der Waals surface area contributed by atoms with Gasteiger partial charge in [0.05, 0.1) is 22.7 Å². The summed E-state index contributed by atoms with van der Waals surface area (Å²) in [5.41, 5.74) is 4.08. The molecular formula is C20H21N3O2S. The molecule has 1 heterocycles. The molecule has 3 aromatic rings. The van der Waals surface area contributed by atoms with Crippen molar-refractivity contribution >= 4 is 38.5 Å². The summed E-state index contributed by atoms with van der Waals surface area (Å²) in [4.78, 5) is 28.5. The summed E-state index contributed by atoms with van der Waals surface area (Å²) in [7, 11) is 0. The van der Waals surface area contributed by atoms with E-state index in [1.54, 1.807) is 0 Å². The quantitative estimate of drug-likeness (QED) is 0.713. The Labute approximate surface area is 156 Å². The number of amides is 2. The fourth-order valence-corrected chi connectivity index (χ4v) is 4.02.